The van der Waals surface area contributed by atoms with Crippen molar-refractivity contribution in [3.63, 3.8) is 0 Å². The minimum Gasteiger partial charge on any atom is -0.494 e. The lowest BCUT2D eigenvalue weighted by atomic mass is 9.94. The number of hydrogen-bond donors (Lipinski definition) is 1. The Morgan fingerprint density at radius 3 is 2.40 bits per heavy atom. The summed E-state index contributed by atoms with van der Waals surface area (Å²) < 4.78 is 36.0. The maximum Gasteiger partial charge on any atom is 0.261 e. The SMILES string of the molecule is CCOc1ccc(NS(=O)(=O)c2ccc(Cl)c(C(=O)N3Cc4c(Br)ccc(Br)c4CC3C)c2)cc1. The van der Waals surface area contributed by atoms with Gasteiger partial charge < -0.3 is 9.64 Å². The Labute approximate surface area is 226 Å². The second-order valence-corrected chi connectivity index (χ2v) is 12.0. The predicted octanol–water partition coefficient (Wildman–Crippen LogP) is 6.65. The van der Waals surface area contributed by atoms with E-state index in [-0.39, 0.29) is 27.4 Å². The molecular weight excluding hydrogens is 620 g/mol. The number of carbonyl (C=O) groups is 1. The second kappa shape index (κ2) is 10.5. The van der Waals surface area contributed by atoms with Gasteiger partial charge >= 0.3 is 0 Å². The van der Waals surface area contributed by atoms with Gasteiger partial charge in [-0.05, 0) is 86.0 Å². The predicted molar refractivity (Wildman–Crippen MR) is 145 cm³/mol. The number of halogens is 3. The number of ether oxygens (including phenoxy) is 1. The van der Waals surface area contributed by atoms with Crippen LogP contribution in [0.5, 0.6) is 5.75 Å². The fourth-order valence-electron chi connectivity index (χ4n) is 4.02. The monoisotopic (exact) mass is 640 g/mol. The molecule has 1 aliphatic rings. The summed E-state index contributed by atoms with van der Waals surface area (Å²) in [5.41, 5.74) is 2.69. The first kappa shape index (κ1) is 26.0. The number of fused-ring (bicyclic) bond motifs is 1. The quantitative estimate of drug-likeness (QED) is 0.327. The van der Waals surface area contributed by atoms with Gasteiger partial charge in [0.05, 0.1) is 22.1 Å². The third-order valence-corrected chi connectivity index (χ3v) is 9.03. The second-order valence-electron chi connectivity index (χ2n) is 8.18. The van der Waals surface area contributed by atoms with E-state index < -0.39 is 10.0 Å². The van der Waals surface area contributed by atoms with Gasteiger partial charge in [0.25, 0.3) is 15.9 Å². The summed E-state index contributed by atoms with van der Waals surface area (Å²) in [5, 5.41) is 0.196. The van der Waals surface area contributed by atoms with Crippen LogP contribution in [0, 0.1) is 0 Å². The van der Waals surface area contributed by atoms with Gasteiger partial charge in [-0.25, -0.2) is 8.42 Å². The summed E-state index contributed by atoms with van der Waals surface area (Å²) in [5.74, 6) is 0.323. The van der Waals surface area contributed by atoms with Crippen molar-refractivity contribution in [3.8, 4) is 5.75 Å². The fraction of sp³-hybridized carbons (Fsp3) is 0.240. The van der Waals surface area contributed by atoms with E-state index in [2.05, 4.69) is 36.6 Å². The van der Waals surface area contributed by atoms with E-state index in [9.17, 15) is 13.2 Å². The highest BCUT2D eigenvalue weighted by Crippen LogP contribution is 2.35. The van der Waals surface area contributed by atoms with Crippen LogP contribution in [0.2, 0.25) is 5.02 Å². The van der Waals surface area contributed by atoms with Crippen LogP contribution in [0.4, 0.5) is 5.69 Å². The molecule has 10 heteroatoms. The van der Waals surface area contributed by atoms with E-state index in [1.54, 1.807) is 29.2 Å². The van der Waals surface area contributed by atoms with Crippen LogP contribution in [0.25, 0.3) is 0 Å². The van der Waals surface area contributed by atoms with Crippen molar-refractivity contribution in [2.24, 2.45) is 0 Å². The first-order valence-electron chi connectivity index (χ1n) is 10.9. The highest BCUT2D eigenvalue weighted by Gasteiger charge is 2.31. The summed E-state index contributed by atoms with van der Waals surface area (Å²) in [6, 6.07) is 14.6. The molecule has 1 aliphatic heterocycles. The van der Waals surface area contributed by atoms with E-state index in [0.717, 1.165) is 20.1 Å². The van der Waals surface area contributed by atoms with Gasteiger partial charge in [0, 0.05) is 27.2 Å². The largest absolute Gasteiger partial charge is 0.494 e. The normalized spacial score (nSPS) is 15.5. The molecule has 1 N–H and O–H groups in total. The number of carbonyl (C=O) groups excluding carboxylic acids is 1. The van der Waals surface area contributed by atoms with Gasteiger partial charge in [-0.15, -0.1) is 0 Å². The molecule has 3 aromatic carbocycles. The molecule has 0 radical (unpaired) electrons. The standard InChI is InChI=1S/C25H23Br2ClN2O4S/c1-3-34-17-6-4-16(5-7-17)29-35(32,33)18-8-11-24(28)20(13-18)25(31)30-14-21-19(12-15(30)2)22(26)9-10-23(21)27/h4-11,13,15,29H,3,12,14H2,1-2H3. The molecule has 0 aromatic heterocycles. The van der Waals surface area contributed by atoms with E-state index in [1.807, 2.05) is 26.0 Å². The number of amides is 1. The van der Waals surface area contributed by atoms with Gasteiger partial charge in [-0.2, -0.15) is 0 Å². The molecule has 4 rings (SSSR count). The van der Waals surface area contributed by atoms with Crippen molar-refractivity contribution < 1.29 is 17.9 Å². The number of hydrogen-bond acceptors (Lipinski definition) is 4. The number of sulfonamides is 1. The van der Waals surface area contributed by atoms with Crippen molar-refractivity contribution in [3.05, 3.63) is 85.3 Å². The molecule has 1 atom stereocenters. The van der Waals surface area contributed by atoms with Crippen LogP contribution in [-0.4, -0.2) is 31.9 Å². The van der Waals surface area contributed by atoms with E-state index >= 15 is 0 Å². The molecule has 35 heavy (non-hydrogen) atoms. The minimum atomic E-state index is -3.95. The molecule has 3 aromatic rings. The zero-order valence-corrected chi connectivity index (χ0v) is 23.8. The first-order valence-corrected chi connectivity index (χ1v) is 14.4. The lowest BCUT2D eigenvalue weighted by Crippen LogP contribution is -2.43. The molecule has 0 fully saturated rings. The maximum absolute atomic E-state index is 13.6. The van der Waals surface area contributed by atoms with E-state index in [0.29, 0.717) is 31.0 Å². The minimum absolute atomic E-state index is 0.0480. The number of rotatable bonds is 6. The Bertz CT molecular complexity index is 1380. The molecule has 0 spiro atoms. The lowest BCUT2D eigenvalue weighted by molar-refractivity contribution is 0.0657. The van der Waals surface area contributed by atoms with Crippen LogP contribution < -0.4 is 9.46 Å². The van der Waals surface area contributed by atoms with Crippen LogP contribution in [0.15, 0.2) is 68.4 Å². The Morgan fingerprint density at radius 1 is 1.09 bits per heavy atom. The van der Waals surface area contributed by atoms with Gasteiger partial charge in [0.2, 0.25) is 0 Å². The van der Waals surface area contributed by atoms with Crippen molar-refractivity contribution in [1.82, 2.24) is 4.90 Å². The van der Waals surface area contributed by atoms with E-state index in [1.165, 1.54) is 18.2 Å². The summed E-state index contributed by atoms with van der Waals surface area (Å²) >= 11 is 13.6. The molecule has 1 unspecified atom stereocenters. The van der Waals surface area contributed by atoms with Gasteiger partial charge in [-0.3, -0.25) is 9.52 Å². The fourth-order valence-corrected chi connectivity index (χ4v) is 6.33. The zero-order valence-electron chi connectivity index (χ0n) is 19.0. The summed E-state index contributed by atoms with van der Waals surface area (Å²) in [7, 11) is -3.95. The maximum atomic E-state index is 13.6. The van der Waals surface area contributed by atoms with Crippen molar-refractivity contribution >= 4 is 65.1 Å². The number of anilines is 1. The molecule has 0 bridgehead atoms. The van der Waals surface area contributed by atoms with Crippen LogP contribution in [0.1, 0.15) is 35.3 Å². The molecule has 6 nitrogen and oxygen atoms in total. The van der Waals surface area contributed by atoms with Gasteiger partial charge in [0.1, 0.15) is 5.75 Å². The molecule has 184 valence electrons. The number of nitrogens with zero attached hydrogens (tertiary/aromatic N) is 1. The van der Waals surface area contributed by atoms with Gasteiger partial charge in [0.15, 0.2) is 0 Å². The average Bonchev–Trinajstić information content (AvgIpc) is 2.82. The molecular formula is C25H23Br2ClN2O4S. The Kier molecular flexibility index (Phi) is 7.80. The van der Waals surface area contributed by atoms with Crippen LogP contribution in [0.3, 0.4) is 0 Å². The molecule has 0 saturated carbocycles. The number of benzene rings is 3. The summed E-state index contributed by atoms with van der Waals surface area (Å²) in [4.78, 5) is 15.2. The topological polar surface area (TPSA) is 75.7 Å². The van der Waals surface area contributed by atoms with Gasteiger partial charge in [-0.1, -0.05) is 43.5 Å². The van der Waals surface area contributed by atoms with Crippen molar-refractivity contribution in [1.29, 1.82) is 0 Å². The smallest absolute Gasteiger partial charge is 0.261 e. The Balaban J connectivity index is 1.61. The van der Waals surface area contributed by atoms with Crippen LogP contribution >= 0.6 is 43.5 Å². The molecule has 0 saturated heterocycles. The van der Waals surface area contributed by atoms with Crippen molar-refractivity contribution in [2.45, 2.75) is 37.8 Å². The zero-order chi connectivity index (χ0) is 25.3. The summed E-state index contributed by atoms with van der Waals surface area (Å²) in [6.45, 7) is 4.74. The number of nitrogens with one attached hydrogen (secondary N) is 1. The third-order valence-electron chi connectivity index (χ3n) is 5.83. The Hall–Kier alpha value is -2.07. The summed E-state index contributed by atoms with van der Waals surface area (Å²) in [6.07, 6.45) is 0.663. The Morgan fingerprint density at radius 2 is 1.74 bits per heavy atom. The van der Waals surface area contributed by atoms with E-state index in [4.69, 9.17) is 16.3 Å². The molecule has 0 aliphatic carbocycles. The highest BCUT2D eigenvalue weighted by atomic mass is 79.9. The third kappa shape index (κ3) is 5.53. The molecule has 1 amide bonds. The molecule has 1 heterocycles. The average molecular weight is 643 g/mol. The lowest BCUT2D eigenvalue weighted by Gasteiger charge is -2.36. The first-order chi connectivity index (χ1) is 16.6. The van der Waals surface area contributed by atoms with Crippen LogP contribution in [-0.2, 0) is 23.0 Å². The van der Waals surface area contributed by atoms with Crippen molar-refractivity contribution in [2.75, 3.05) is 11.3 Å². The highest BCUT2D eigenvalue weighted by molar-refractivity contribution is 9.11.